The van der Waals surface area contributed by atoms with E-state index in [2.05, 4.69) is 11.4 Å². The number of carbonyl (C=O) groups excluding carboxylic acids is 2. The Kier molecular flexibility index (Phi) is 5.76. The number of nitrogens with one attached hydrogen (secondary N) is 1. The number of fused-ring (bicyclic) bond motifs is 3. The van der Waals surface area contributed by atoms with Crippen LogP contribution in [0.25, 0.3) is 10.9 Å². The maximum atomic E-state index is 13.1. The Morgan fingerprint density at radius 2 is 1.69 bits per heavy atom. The zero-order valence-electron chi connectivity index (χ0n) is 17.0. The number of anilines is 1. The maximum absolute atomic E-state index is 13.1. The topological polar surface area (TPSA) is 51.1 Å². The van der Waals surface area contributed by atoms with Crippen LogP contribution in [0.15, 0.2) is 42.5 Å². The van der Waals surface area contributed by atoms with Crippen molar-refractivity contribution in [3.63, 3.8) is 0 Å². The summed E-state index contributed by atoms with van der Waals surface area (Å²) < 4.78 is 1.90. The third-order valence-corrected chi connectivity index (χ3v) is 6.55. The molecule has 4 nitrogen and oxygen atoms in total. The van der Waals surface area contributed by atoms with Gasteiger partial charge in [0.05, 0.1) is 17.0 Å². The Hall–Kier alpha value is -2.53. The number of hydrogen-bond donors (Lipinski definition) is 1. The van der Waals surface area contributed by atoms with Crippen LogP contribution in [0.2, 0.25) is 0 Å². The molecule has 0 saturated heterocycles. The second-order valence-electron chi connectivity index (χ2n) is 7.69. The van der Waals surface area contributed by atoms with E-state index in [-0.39, 0.29) is 17.6 Å². The smallest absolute Gasteiger partial charge is 0.241 e. The second kappa shape index (κ2) is 8.46. The van der Waals surface area contributed by atoms with Gasteiger partial charge >= 0.3 is 0 Å². The van der Waals surface area contributed by atoms with Gasteiger partial charge < -0.3 is 5.32 Å². The van der Waals surface area contributed by atoms with Crippen LogP contribution in [0.3, 0.4) is 0 Å². The third kappa shape index (κ3) is 3.97. The molecule has 5 heteroatoms. The average molecular weight is 407 g/mol. The molecule has 0 bridgehead atoms. The lowest BCUT2D eigenvalue weighted by Crippen LogP contribution is -2.20. The van der Waals surface area contributed by atoms with Crippen molar-refractivity contribution < 1.29 is 9.59 Å². The largest absolute Gasteiger partial charge is 0.325 e. The fourth-order valence-corrected chi connectivity index (χ4v) is 4.93. The predicted molar refractivity (Wildman–Crippen MR) is 121 cm³/mol. The molecule has 1 aliphatic carbocycles. The molecule has 0 aliphatic heterocycles. The van der Waals surface area contributed by atoms with Crippen molar-refractivity contribution in [2.45, 2.75) is 39.5 Å². The lowest BCUT2D eigenvalue weighted by Gasteiger charge is -2.15. The number of amides is 1. The van der Waals surface area contributed by atoms with E-state index in [9.17, 15) is 9.59 Å². The summed E-state index contributed by atoms with van der Waals surface area (Å²) in [6, 6.07) is 14.1. The van der Waals surface area contributed by atoms with Gasteiger partial charge in [0.25, 0.3) is 0 Å². The number of nitrogens with zero attached hydrogens (tertiary/aromatic N) is 1. The minimum absolute atomic E-state index is 0.0641. The van der Waals surface area contributed by atoms with Gasteiger partial charge in [0.2, 0.25) is 11.8 Å². The van der Waals surface area contributed by atoms with Crippen molar-refractivity contribution in [2.24, 2.45) is 0 Å². The van der Waals surface area contributed by atoms with Gasteiger partial charge in [-0.15, -0.1) is 11.8 Å². The van der Waals surface area contributed by atoms with Crippen molar-refractivity contribution in [1.29, 1.82) is 0 Å². The van der Waals surface area contributed by atoms with E-state index >= 15 is 0 Å². The van der Waals surface area contributed by atoms with Gasteiger partial charge in [-0.1, -0.05) is 36.4 Å². The van der Waals surface area contributed by atoms with Crippen molar-refractivity contribution in [3.8, 4) is 0 Å². The van der Waals surface area contributed by atoms with Gasteiger partial charge in [-0.2, -0.15) is 0 Å². The first-order chi connectivity index (χ1) is 14.1. The Bertz CT molecular complexity index is 1060. The van der Waals surface area contributed by atoms with Crippen LogP contribution in [0.5, 0.6) is 0 Å². The van der Waals surface area contributed by atoms with E-state index in [1.807, 2.05) is 54.8 Å². The molecule has 0 atom stereocenters. The Morgan fingerprint density at radius 3 is 2.48 bits per heavy atom. The van der Waals surface area contributed by atoms with Gasteiger partial charge in [0.1, 0.15) is 0 Å². The normalized spacial score (nSPS) is 13.3. The summed E-state index contributed by atoms with van der Waals surface area (Å²) in [6.07, 6.45) is 4.30. The SMILES string of the molecule is Cc1cccc(C)c1NC(=O)CSCC(=O)n1c2c(c3ccccc31)CCCC2. The van der Waals surface area contributed by atoms with Crippen molar-refractivity contribution in [2.75, 3.05) is 16.8 Å². The summed E-state index contributed by atoms with van der Waals surface area (Å²) in [7, 11) is 0. The van der Waals surface area contributed by atoms with Crippen molar-refractivity contribution in [1.82, 2.24) is 4.57 Å². The number of carbonyl (C=O) groups is 2. The highest BCUT2D eigenvalue weighted by Crippen LogP contribution is 2.32. The molecule has 1 aromatic heterocycles. The average Bonchev–Trinajstić information content (AvgIpc) is 3.05. The molecule has 1 heterocycles. The number of para-hydroxylation sites is 2. The number of hydrogen-bond acceptors (Lipinski definition) is 3. The third-order valence-electron chi connectivity index (χ3n) is 5.63. The van der Waals surface area contributed by atoms with Crippen LogP contribution < -0.4 is 5.32 Å². The van der Waals surface area contributed by atoms with E-state index in [0.29, 0.717) is 5.75 Å². The van der Waals surface area contributed by atoms with Crippen LogP contribution in [-0.2, 0) is 17.6 Å². The van der Waals surface area contributed by atoms with Gasteiger partial charge in [-0.25, -0.2) is 0 Å². The van der Waals surface area contributed by atoms with E-state index in [4.69, 9.17) is 0 Å². The number of thioether (sulfide) groups is 1. The molecule has 2 aromatic carbocycles. The van der Waals surface area contributed by atoms with E-state index in [1.165, 1.54) is 34.8 Å². The fourth-order valence-electron chi connectivity index (χ4n) is 4.26. The molecular weight excluding hydrogens is 380 g/mol. The second-order valence-corrected chi connectivity index (χ2v) is 8.67. The molecular formula is C24H26N2O2S. The van der Waals surface area contributed by atoms with Crippen LogP contribution in [0.1, 0.15) is 40.0 Å². The zero-order valence-corrected chi connectivity index (χ0v) is 17.8. The van der Waals surface area contributed by atoms with Gasteiger partial charge in [0.15, 0.2) is 0 Å². The molecule has 0 radical (unpaired) electrons. The monoisotopic (exact) mass is 406 g/mol. The minimum atomic E-state index is -0.0698. The highest BCUT2D eigenvalue weighted by atomic mass is 32.2. The van der Waals surface area contributed by atoms with Crippen LogP contribution in [0, 0.1) is 13.8 Å². The van der Waals surface area contributed by atoms with Gasteiger partial charge in [0, 0.05) is 16.8 Å². The summed E-state index contributed by atoms with van der Waals surface area (Å²) in [4.78, 5) is 25.4. The molecule has 150 valence electrons. The van der Waals surface area contributed by atoms with Crippen molar-refractivity contribution >= 4 is 40.2 Å². The molecule has 1 aliphatic rings. The summed E-state index contributed by atoms with van der Waals surface area (Å²) in [5.74, 6) is 0.556. The van der Waals surface area contributed by atoms with Crippen LogP contribution in [0.4, 0.5) is 5.69 Å². The number of aryl methyl sites for hydroxylation is 3. The highest BCUT2D eigenvalue weighted by molar-refractivity contribution is 8.00. The summed E-state index contributed by atoms with van der Waals surface area (Å²) in [5.41, 5.74) is 6.47. The highest BCUT2D eigenvalue weighted by Gasteiger charge is 2.23. The van der Waals surface area contributed by atoms with Crippen LogP contribution in [-0.4, -0.2) is 27.9 Å². The number of rotatable bonds is 5. The number of benzene rings is 2. The first kappa shape index (κ1) is 19.8. The summed E-state index contributed by atoms with van der Waals surface area (Å²) >= 11 is 1.38. The maximum Gasteiger partial charge on any atom is 0.241 e. The lowest BCUT2D eigenvalue weighted by atomic mass is 9.96. The molecule has 0 fully saturated rings. The predicted octanol–water partition coefficient (Wildman–Crippen LogP) is 5.15. The molecule has 29 heavy (non-hydrogen) atoms. The molecule has 0 spiro atoms. The lowest BCUT2D eigenvalue weighted by molar-refractivity contribution is -0.113. The van der Waals surface area contributed by atoms with Gasteiger partial charge in [-0.05, 0) is 62.3 Å². The zero-order chi connectivity index (χ0) is 20.4. The standard InChI is InChI=1S/C24H26N2O2S/c1-16-8-7-9-17(2)24(16)25-22(27)14-29-15-23(28)26-20-12-5-3-10-18(20)19-11-4-6-13-21(19)26/h3,5,7-10,12H,4,6,11,13-15H2,1-2H3,(H,25,27). The van der Waals surface area contributed by atoms with Gasteiger partial charge in [-0.3, -0.25) is 14.2 Å². The van der Waals surface area contributed by atoms with E-state index < -0.39 is 0 Å². The summed E-state index contributed by atoms with van der Waals surface area (Å²) in [5, 5.41) is 4.19. The minimum Gasteiger partial charge on any atom is -0.325 e. The molecule has 4 rings (SSSR count). The molecule has 0 saturated carbocycles. The van der Waals surface area contributed by atoms with Crippen molar-refractivity contribution in [3.05, 3.63) is 64.8 Å². The number of aromatic nitrogens is 1. The fraction of sp³-hybridized carbons (Fsp3) is 0.333. The first-order valence-electron chi connectivity index (χ1n) is 10.1. The molecule has 0 unspecified atom stereocenters. The Balaban J connectivity index is 1.44. The molecule has 3 aromatic rings. The molecule has 1 amide bonds. The Labute approximate surface area is 175 Å². The first-order valence-corrected chi connectivity index (χ1v) is 11.3. The van der Waals surface area contributed by atoms with E-state index in [0.717, 1.165) is 41.6 Å². The van der Waals surface area contributed by atoms with E-state index in [1.54, 1.807) is 0 Å². The van der Waals surface area contributed by atoms with Crippen LogP contribution >= 0.6 is 11.8 Å². The molecule has 1 N–H and O–H groups in total. The quantitative estimate of drug-likeness (QED) is 0.638. The Morgan fingerprint density at radius 1 is 0.966 bits per heavy atom. The summed E-state index contributed by atoms with van der Waals surface area (Å²) in [6.45, 7) is 3.97.